The van der Waals surface area contributed by atoms with Crippen LogP contribution in [0.5, 0.6) is 0 Å². The van der Waals surface area contributed by atoms with Crippen LogP contribution >= 0.6 is 0 Å². The number of aromatic nitrogens is 5. The van der Waals surface area contributed by atoms with Gasteiger partial charge in [-0.2, -0.15) is 0 Å². The molecule has 0 aliphatic carbocycles. The topological polar surface area (TPSA) is 44.7 Å². The summed E-state index contributed by atoms with van der Waals surface area (Å²) >= 11 is 0. The Morgan fingerprint density at radius 2 is 1.13 bits per heavy atom. The van der Waals surface area contributed by atoms with Crippen molar-refractivity contribution in [2.24, 2.45) is 0 Å². The van der Waals surface area contributed by atoms with Crippen LogP contribution in [0.1, 0.15) is 38.7 Å². The minimum absolute atomic E-state index is 0.0806. The number of rotatable bonds is 6. The van der Waals surface area contributed by atoms with Gasteiger partial charge in [-0.15, -0.1) is 0 Å². The summed E-state index contributed by atoms with van der Waals surface area (Å²) in [5, 5.41) is 4.01. The van der Waals surface area contributed by atoms with Crippen LogP contribution in [0.25, 0.3) is 111 Å². The lowest BCUT2D eigenvalue weighted by atomic mass is 9.88. The molecule has 6 heteroatoms. The van der Waals surface area contributed by atoms with E-state index in [0.29, 0.717) is 39.0 Å². The van der Waals surface area contributed by atoms with Crippen LogP contribution < -0.4 is 4.57 Å². The molecule has 0 amide bonds. The molecule has 0 saturated heterocycles. The van der Waals surface area contributed by atoms with Crippen LogP contribution in [0.15, 0.2) is 235 Å². The fraction of sp³-hybridized carbons (Fsp3) is 0.0625. The molecule has 70 heavy (non-hydrogen) atoms. The van der Waals surface area contributed by atoms with Crippen molar-refractivity contribution < 1.29 is 21.3 Å². The average Bonchev–Trinajstić information content (AvgIpc) is 4.28. The number of pyridine rings is 1. The van der Waals surface area contributed by atoms with E-state index in [1.807, 2.05) is 77.5 Å². The highest BCUT2D eigenvalue weighted by Gasteiger charge is 2.22. The quantitative estimate of drug-likeness (QED) is 0.123. The predicted molar refractivity (Wildman–Crippen MR) is 287 cm³/mol. The van der Waals surface area contributed by atoms with Crippen molar-refractivity contribution in [3.05, 3.63) is 242 Å². The van der Waals surface area contributed by atoms with Crippen LogP contribution in [0, 0.1) is 6.33 Å². The lowest BCUT2D eigenvalue weighted by Gasteiger charge is -2.20. The average molecular weight is 911 g/mol. The highest BCUT2D eigenvalue weighted by atomic mass is 16.3. The molecule has 6 nitrogen and oxygen atoms in total. The lowest BCUT2D eigenvalue weighted by Crippen LogP contribution is -2.31. The van der Waals surface area contributed by atoms with Crippen molar-refractivity contribution >= 4 is 65.8 Å². The van der Waals surface area contributed by atoms with Crippen molar-refractivity contribution in [1.29, 1.82) is 0 Å². The monoisotopic (exact) mass is 910 g/mol. The fourth-order valence-corrected chi connectivity index (χ4v) is 9.89. The molecule has 0 radical (unpaired) electrons. The molecule has 0 saturated carbocycles. The maximum atomic E-state index is 9.18. The number of nitrogens with zero attached hydrogens (tertiary/aromatic N) is 5. The molecule has 0 bridgehead atoms. The Balaban J connectivity index is 1.13. The zero-order valence-electron chi connectivity index (χ0n) is 47.4. The van der Waals surface area contributed by atoms with Gasteiger partial charge in [-0.3, -0.25) is 13.7 Å². The van der Waals surface area contributed by atoms with Crippen molar-refractivity contribution in [2.75, 3.05) is 0 Å². The van der Waals surface area contributed by atoms with Gasteiger partial charge in [0.1, 0.15) is 17.0 Å². The minimum atomic E-state index is -0.544. The smallest absolute Gasteiger partial charge is 0.269 e. The molecule has 0 spiro atoms. The molecule has 334 valence electrons. The zero-order valence-corrected chi connectivity index (χ0v) is 38.4. The summed E-state index contributed by atoms with van der Waals surface area (Å²) in [7, 11) is 0. The Morgan fingerprint density at radius 3 is 1.93 bits per heavy atom. The van der Waals surface area contributed by atoms with Gasteiger partial charge in [0, 0.05) is 33.4 Å². The number of fused-ring (bicyclic) bond motifs is 8. The van der Waals surface area contributed by atoms with Gasteiger partial charge >= 0.3 is 0 Å². The summed E-state index contributed by atoms with van der Waals surface area (Å²) in [6.45, 7) is 6.60. The molecule has 0 unspecified atom stereocenters. The van der Waals surface area contributed by atoms with E-state index in [1.54, 1.807) is 22.8 Å². The Kier molecular flexibility index (Phi) is 7.63. The van der Waals surface area contributed by atoms with E-state index in [9.17, 15) is 2.74 Å². The summed E-state index contributed by atoms with van der Waals surface area (Å²) in [4.78, 5) is 4.98. The number of hydrogen-bond donors (Lipinski definition) is 0. The highest BCUT2D eigenvalue weighted by Crippen LogP contribution is 2.38. The second-order valence-corrected chi connectivity index (χ2v) is 18.3. The largest absolute Gasteiger partial charge is 0.455 e. The third kappa shape index (κ3) is 6.79. The van der Waals surface area contributed by atoms with E-state index in [1.165, 1.54) is 6.07 Å². The Labute approximate surface area is 418 Å². The van der Waals surface area contributed by atoms with E-state index in [2.05, 4.69) is 115 Å². The Bertz CT molecular complexity index is 4760. The van der Waals surface area contributed by atoms with Crippen LogP contribution in [-0.4, -0.2) is 18.7 Å². The van der Waals surface area contributed by atoms with Crippen LogP contribution in [-0.2, 0) is 5.41 Å². The molecule has 9 aromatic carbocycles. The van der Waals surface area contributed by atoms with Gasteiger partial charge in [-0.1, -0.05) is 184 Å². The van der Waals surface area contributed by atoms with E-state index in [4.69, 9.17) is 19.0 Å². The van der Waals surface area contributed by atoms with Gasteiger partial charge in [-0.05, 0) is 93.9 Å². The lowest BCUT2D eigenvalue weighted by molar-refractivity contribution is -0.571. The number of imidazole rings is 1. The molecule has 0 N–H and O–H groups in total. The molecule has 13 rings (SSSR count). The molecule has 4 heterocycles. The van der Waals surface area contributed by atoms with E-state index in [-0.39, 0.29) is 39.9 Å². The molecule has 0 atom stereocenters. The van der Waals surface area contributed by atoms with Crippen LogP contribution in [0.3, 0.4) is 0 Å². The van der Waals surface area contributed by atoms with Crippen LogP contribution in [0.2, 0.25) is 0 Å². The van der Waals surface area contributed by atoms with Gasteiger partial charge < -0.3 is 8.98 Å². The first-order valence-corrected chi connectivity index (χ1v) is 23.1. The predicted octanol–water partition coefficient (Wildman–Crippen LogP) is 15.8. The number of para-hydroxylation sites is 6. The van der Waals surface area contributed by atoms with E-state index < -0.39 is 42.3 Å². The molecule has 13 aromatic rings. The summed E-state index contributed by atoms with van der Waals surface area (Å²) < 4.78 is 94.3. The summed E-state index contributed by atoms with van der Waals surface area (Å²) in [5.74, 6) is 0.802. The van der Waals surface area contributed by atoms with Gasteiger partial charge in [0.05, 0.1) is 56.8 Å². The van der Waals surface area contributed by atoms with Crippen molar-refractivity contribution in [3.63, 3.8) is 0 Å². The normalized spacial score (nSPS) is 13.7. The second kappa shape index (κ2) is 16.4. The Morgan fingerprint density at radius 1 is 0.500 bits per heavy atom. The first-order chi connectivity index (χ1) is 38.1. The van der Waals surface area contributed by atoms with Crippen molar-refractivity contribution in [1.82, 2.24) is 18.7 Å². The molecule has 0 aliphatic rings. The van der Waals surface area contributed by atoms with Crippen molar-refractivity contribution in [3.8, 4) is 45.1 Å². The van der Waals surface area contributed by atoms with E-state index >= 15 is 0 Å². The maximum Gasteiger partial charge on any atom is 0.269 e. The summed E-state index contributed by atoms with van der Waals surface area (Å²) in [5.41, 5.74) is 9.56. The molecular weight excluding hydrogens is 855 g/mol. The third-order valence-corrected chi connectivity index (χ3v) is 13.2. The first kappa shape index (κ1) is 32.7. The maximum absolute atomic E-state index is 9.18. The second-order valence-electron chi connectivity index (χ2n) is 18.3. The molecular formula is C64H47N5O. The Hall–Kier alpha value is -9.00. The van der Waals surface area contributed by atoms with Gasteiger partial charge in [0.2, 0.25) is 0 Å². The van der Waals surface area contributed by atoms with Gasteiger partial charge in [-0.25, -0.2) is 4.98 Å². The summed E-state index contributed by atoms with van der Waals surface area (Å²) in [6.07, 6.45) is 5.48. The van der Waals surface area contributed by atoms with E-state index in [0.717, 1.165) is 55.2 Å². The highest BCUT2D eigenvalue weighted by molar-refractivity contribution is 6.10. The summed E-state index contributed by atoms with van der Waals surface area (Å²) in [6, 6.07) is 51.5. The third-order valence-electron chi connectivity index (χ3n) is 13.2. The molecule has 4 aromatic heterocycles. The van der Waals surface area contributed by atoms with Gasteiger partial charge in [0.25, 0.3) is 6.33 Å². The SMILES string of the molecule is [2H]c1cc(-c2cccc(-c3c([2H])c([2H])c([2H])c([2H])c3[2H])c2-[n+]2[c-]n(-c3ccc4oc5ccccc5c5ccccc5n(-c5ccc6c7ccccc7n(-c7cc(C(C)(C)C)ccn7)c6c5)c4c3)c3ccccc32)c([2H])c([2H])c1[2H]. The minimum Gasteiger partial charge on any atom is -0.455 e. The fourth-order valence-electron chi connectivity index (χ4n) is 9.89. The number of hydrogen-bond acceptors (Lipinski definition) is 2. The van der Waals surface area contributed by atoms with Crippen LogP contribution in [0.4, 0.5) is 0 Å². The molecule has 0 fully saturated rings. The zero-order chi connectivity index (χ0) is 54.8. The number of benzene rings is 9. The molecule has 0 aliphatic heterocycles. The van der Waals surface area contributed by atoms with Crippen molar-refractivity contribution in [2.45, 2.75) is 26.2 Å². The van der Waals surface area contributed by atoms with Gasteiger partial charge in [0.15, 0.2) is 0 Å². The standard InChI is InChI=1S/C64H47N5O/c1-64(2,3)45-37-38-65-62(39-45)69-55-29-14-10-23-50(55)52-35-33-47(41-58(52)69)68-54-28-13-11-24-51(54)53-25-12-17-32-60(53)70-61-36-34-46(40-59(61)68)66-42-67(57-31-16-15-30-56(57)66)63-48(43-19-6-4-7-20-43)26-18-27-49(63)44-21-8-5-9-22-44/h4-41H,1-3H3/i4D,5D,6D,7D,8D,9D,19D,20D,21D. The first-order valence-electron chi connectivity index (χ1n) is 27.6.